The molecule has 0 spiro atoms. The van der Waals surface area contributed by atoms with E-state index in [4.69, 9.17) is 4.52 Å². The highest BCUT2D eigenvalue weighted by atomic mass is 32.1. The van der Waals surface area contributed by atoms with Gasteiger partial charge >= 0.3 is 0 Å². The Labute approximate surface area is 190 Å². The summed E-state index contributed by atoms with van der Waals surface area (Å²) >= 11 is 1.50. The van der Waals surface area contributed by atoms with Crippen LogP contribution in [0.25, 0.3) is 22.0 Å². The molecular weight excluding hydrogens is 422 g/mol. The summed E-state index contributed by atoms with van der Waals surface area (Å²) in [7, 11) is 0. The number of carbonyl (C=O) groups is 1. The Morgan fingerprint density at radius 3 is 2.69 bits per heavy atom. The van der Waals surface area contributed by atoms with Crippen molar-refractivity contribution in [1.82, 2.24) is 24.9 Å². The highest BCUT2D eigenvalue weighted by Gasteiger charge is 2.23. The molecule has 1 aliphatic rings. The van der Waals surface area contributed by atoms with Gasteiger partial charge in [-0.15, -0.1) is 11.3 Å². The van der Waals surface area contributed by atoms with Crippen LogP contribution in [0.3, 0.4) is 0 Å². The zero-order valence-electron chi connectivity index (χ0n) is 17.6. The number of carbonyl (C=O) groups excluding carboxylic acids is 1. The van der Waals surface area contributed by atoms with Gasteiger partial charge in [-0.2, -0.15) is 4.98 Å². The lowest BCUT2D eigenvalue weighted by Crippen LogP contribution is -2.34. The molecule has 1 aromatic carbocycles. The van der Waals surface area contributed by atoms with Gasteiger partial charge in [0.05, 0.1) is 22.0 Å². The largest absolute Gasteiger partial charge is 0.337 e. The highest BCUT2D eigenvalue weighted by molar-refractivity contribution is 7.17. The summed E-state index contributed by atoms with van der Waals surface area (Å²) in [5, 5.41) is 4.14. The number of nitrogens with zero attached hydrogens (tertiary/aromatic N) is 5. The van der Waals surface area contributed by atoms with Crippen LogP contribution in [-0.4, -0.2) is 57.0 Å². The van der Waals surface area contributed by atoms with Crippen LogP contribution in [0.1, 0.15) is 21.9 Å². The minimum absolute atomic E-state index is 0.0879. The smallest absolute Gasteiger partial charge is 0.263 e. The van der Waals surface area contributed by atoms with Crippen molar-refractivity contribution in [3.8, 4) is 22.0 Å². The molecule has 0 bridgehead atoms. The van der Waals surface area contributed by atoms with Crippen LogP contribution in [0.2, 0.25) is 0 Å². The number of pyridine rings is 1. The molecule has 1 saturated heterocycles. The van der Waals surface area contributed by atoms with E-state index in [0.29, 0.717) is 24.8 Å². The summed E-state index contributed by atoms with van der Waals surface area (Å²) in [6.07, 6.45) is 2.68. The van der Waals surface area contributed by atoms with Gasteiger partial charge in [0.2, 0.25) is 0 Å². The molecule has 0 atom stereocenters. The van der Waals surface area contributed by atoms with Gasteiger partial charge in [0.25, 0.3) is 11.8 Å². The summed E-state index contributed by atoms with van der Waals surface area (Å²) in [6, 6.07) is 19.5. The second-order valence-electron chi connectivity index (χ2n) is 7.68. The first-order chi connectivity index (χ1) is 15.8. The second kappa shape index (κ2) is 9.42. The van der Waals surface area contributed by atoms with Gasteiger partial charge in [-0.05, 0) is 42.8 Å². The van der Waals surface area contributed by atoms with Crippen LogP contribution in [0, 0.1) is 0 Å². The molecule has 1 fully saturated rings. The Balaban J connectivity index is 1.20. The van der Waals surface area contributed by atoms with Gasteiger partial charge in [-0.1, -0.05) is 29.4 Å². The first kappa shape index (κ1) is 20.5. The zero-order valence-corrected chi connectivity index (χ0v) is 18.4. The lowest BCUT2D eigenvalue weighted by molar-refractivity contribution is 0.0765. The maximum Gasteiger partial charge on any atom is 0.263 e. The Morgan fingerprint density at radius 1 is 0.969 bits per heavy atom. The Bertz CT molecular complexity index is 1180. The fraction of sp³-hybridized carbons (Fsp3) is 0.250. The highest BCUT2D eigenvalue weighted by Crippen LogP contribution is 2.27. The van der Waals surface area contributed by atoms with Crippen LogP contribution in [0.4, 0.5) is 0 Å². The number of benzene rings is 1. The van der Waals surface area contributed by atoms with Crippen LogP contribution in [-0.2, 0) is 6.54 Å². The molecule has 162 valence electrons. The van der Waals surface area contributed by atoms with Gasteiger partial charge in [-0.25, -0.2) is 0 Å². The van der Waals surface area contributed by atoms with Crippen LogP contribution in [0.5, 0.6) is 0 Å². The number of rotatable bonds is 5. The first-order valence-electron chi connectivity index (χ1n) is 10.7. The quantitative estimate of drug-likeness (QED) is 0.458. The lowest BCUT2D eigenvalue weighted by atomic mass is 10.2. The van der Waals surface area contributed by atoms with E-state index in [-0.39, 0.29) is 5.91 Å². The van der Waals surface area contributed by atoms with Crippen LogP contribution < -0.4 is 0 Å². The van der Waals surface area contributed by atoms with E-state index in [9.17, 15) is 4.79 Å². The Hall–Kier alpha value is -3.36. The van der Waals surface area contributed by atoms with Gasteiger partial charge in [0.15, 0.2) is 5.82 Å². The summed E-state index contributed by atoms with van der Waals surface area (Å²) in [5.74, 6) is 1.29. The number of amides is 1. The van der Waals surface area contributed by atoms with E-state index in [0.717, 1.165) is 47.1 Å². The molecule has 0 unspecified atom stereocenters. The standard InChI is InChI=1S/C24H23N5O2S/c30-24(21-11-10-20(32-21)19-9-4-5-12-25-19)29-14-6-13-28(15-16-29)17-22-26-23(31-27-22)18-7-2-1-3-8-18/h1-5,7-12H,6,13-17H2. The molecule has 0 N–H and O–H groups in total. The lowest BCUT2D eigenvalue weighted by Gasteiger charge is -2.20. The maximum absolute atomic E-state index is 13.1. The Kier molecular flexibility index (Phi) is 6.04. The molecule has 0 saturated carbocycles. The van der Waals surface area contributed by atoms with Gasteiger partial charge in [0.1, 0.15) is 0 Å². The van der Waals surface area contributed by atoms with Crippen molar-refractivity contribution in [2.45, 2.75) is 13.0 Å². The van der Waals surface area contributed by atoms with Crippen molar-refractivity contribution < 1.29 is 9.32 Å². The molecule has 1 amide bonds. The topological polar surface area (TPSA) is 75.4 Å². The van der Waals surface area contributed by atoms with Crippen LogP contribution in [0.15, 0.2) is 71.4 Å². The maximum atomic E-state index is 13.1. The molecule has 4 aromatic rings. The normalized spacial score (nSPS) is 14.9. The van der Waals surface area contributed by atoms with Crippen molar-refractivity contribution in [2.24, 2.45) is 0 Å². The number of hydrogen-bond acceptors (Lipinski definition) is 7. The molecule has 0 aliphatic carbocycles. The van der Waals surface area contributed by atoms with Crippen molar-refractivity contribution in [3.63, 3.8) is 0 Å². The second-order valence-corrected chi connectivity index (χ2v) is 8.77. The van der Waals surface area contributed by atoms with E-state index in [2.05, 4.69) is 20.0 Å². The van der Waals surface area contributed by atoms with Crippen LogP contribution >= 0.6 is 11.3 Å². The third-order valence-corrected chi connectivity index (χ3v) is 6.56. The molecule has 32 heavy (non-hydrogen) atoms. The van der Waals surface area contributed by atoms with E-state index >= 15 is 0 Å². The average Bonchev–Trinajstić information content (AvgIpc) is 3.46. The molecular formula is C24H23N5O2S. The zero-order chi connectivity index (χ0) is 21.8. The third-order valence-electron chi connectivity index (χ3n) is 5.46. The van der Waals surface area contributed by atoms with E-state index in [1.54, 1.807) is 6.20 Å². The van der Waals surface area contributed by atoms with E-state index in [1.165, 1.54) is 11.3 Å². The molecule has 4 heterocycles. The number of aromatic nitrogens is 3. The minimum atomic E-state index is 0.0879. The summed E-state index contributed by atoms with van der Waals surface area (Å²) in [4.78, 5) is 28.0. The van der Waals surface area contributed by atoms with Gasteiger partial charge in [0, 0.05) is 37.9 Å². The molecule has 1 aliphatic heterocycles. The number of thiophene rings is 1. The van der Waals surface area contributed by atoms with Gasteiger partial charge < -0.3 is 9.42 Å². The summed E-state index contributed by atoms with van der Waals surface area (Å²) in [5.41, 5.74) is 1.81. The molecule has 0 radical (unpaired) electrons. The van der Waals surface area contributed by atoms with E-state index in [1.807, 2.05) is 65.6 Å². The minimum Gasteiger partial charge on any atom is -0.337 e. The molecule has 3 aromatic heterocycles. The average molecular weight is 446 g/mol. The third kappa shape index (κ3) is 4.61. The van der Waals surface area contributed by atoms with Crippen molar-refractivity contribution >= 4 is 17.2 Å². The fourth-order valence-electron chi connectivity index (χ4n) is 3.80. The van der Waals surface area contributed by atoms with Crippen molar-refractivity contribution in [2.75, 3.05) is 26.2 Å². The molecule has 8 heteroatoms. The predicted molar refractivity (Wildman–Crippen MR) is 123 cm³/mol. The van der Waals surface area contributed by atoms with Crippen molar-refractivity contribution in [1.29, 1.82) is 0 Å². The molecule has 5 rings (SSSR count). The monoisotopic (exact) mass is 445 g/mol. The Morgan fingerprint density at radius 2 is 1.84 bits per heavy atom. The number of hydrogen-bond donors (Lipinski definition) is 0. The SMILES string of the molecule is O=C(c1ccc(-c2ccccn2)s1)N1CCCN(Cc2noc(-c3ccccc3)n2)CC1. The predicted octanol–water partition coefficient (Wildman–Crippen LogP) is 4.21. The summed E-state index contributed by atoms with van der Waals surface area (Å²) in [6.45, 7) is 3.70. The summed E-state index contributed by atoms with van der Waals surface area (Å²) < 4.78 is 5.42. The van der Waals surface area contributed by atoms with Gasteiger partial charge in [-0.3, -0.25) is 14.7 Å². The first-order valence-corrected chi connectivity index (χ1v) is 11.5. The van der Waals surface area contributed by atoms with E-state index < -0.39 is 0 Å². The molecule has 7 nitrogen and oxygen atoms in total. The van der Waals surface area contributed by atoms with Crippen molar-refractivity contribution in [3.05, 3.63) is 77.6 Å². The fourth-order valence-corrected chi connectivity index (χ4v) is 4.75.